The summed E-state index contributed by atoms with van der Waals surface area (Å²) in [6.07, 6.45) is -0.982. The molecule has 2 nitrogen and oxygen atoms in total. The molecule has 0 aliphatic rings. The van der Waals surface area contributed by atoms with E-state index in [-0.39, 0.29) is 6.42 Å². The molecule has 0 aromatic rings. The number of alkyl halides is 1. The summed E-state index contributed by atoms with van der Waals surface area (Å²) in [5.74, 6) is 0.303. The van der Waals surface area contributed by atoms with Gasteiger partial charge in [-0.1, -0.05) is 0 Å². The molecule has 0 heterocycles. The minimum absolute atomic E-state index is 0.252. The predicted octanol–water partition coefficient (Wildman–Crippen LogP) is -0.0740. The number of hydrogen-bond donors (Lipinski definition) is 2. The van der Waals surface area contributed by atoms with E-state index in [1.54, 1.807) is 0 Å². The van der Waals surface area contributed by atoms with Crippen LogP contribution < -0.4 is 0 Å². The maximum atomic E-state index is 8.02. The van der Waals surface area contributed by atoms with E-state index < -0.39 is 6.29 Å². The van der Waals surface area contributed by atoms with Gasteiger partial charge in [0.15, 0.2) is 6.29 Å². The van der Waals surface area contributed by atoms with Crippen LogP contribution in [0.3, 0.4) is 0 Å². The Bertz CT molecular complexity index is 30.0. The van der Waals surface area contributed by atoms with Crippen LogP contribution in [0.4, 0.5) is 0 Å². The Labute approximate surface area is 41.4 Å². The molecule has 38 valence electrons. The second-order valence-electron chi connectivity index (χ2n) is 0.958. The maximum absolute atomic E-state index is 8.02. The van der Waals surface area contributed by atoms with Crippen LogP contribution in [-0.2, 0) is 0 Å². The molecule has 0 bridgehead atoms. The van der Waals surface area contributed by atoms with Gasteiger partial charge in [-0.25, -0.2) is 0 Å². The monoisotopic (exact) mass is 110 g/mol. The summed E-state index contributed by atoms with van der Waals surface area (Å²) < 4.78 is 0. The first kappa shape index (κ1) is 6.21. The lowest BCUT2D eigenvalue weighted by molar-refractivity contribution is -0.0406. The fraction of sp³-hybridized carbons (Fsp3) is 1.00. The third kappa shape index (κ3) is 4.21. The standard InChI is InChI=1S/C3H7ClO2/c4-2-1-3(5)6/h3,5-6H,1-2H2. The molecular formula is C3H7ClO2. The van der Waals surface area contributed by atoms with E-state index in [0.717, 1.165) is 0 Å². The summed E-state index contributed by atoms with van der Waals surface area (Å²) in [7, 11) is 0. The first-order valence-electron chi connectivity index (χ1n) is 1.69. The van der Waals surface area contributed by atoms with E-state index in [9.17, 15) is 0 Å². The molecule has 0 amide bonds. The Hall–Kier alpha value is 0.210. The smallest absolute Gasteiger partial charge is 0.152 e. The van der Waals surface area contributed by atoms with Gasteiger partial charge in [0.25, 0.3) is 0 Å². The van der Waals surface area contributed by atoms with Gasteiger partial charge in [0.1, 0.15) is 0 Å². The van der Waals surface area contributed by atoms with Gasteiger partial charge in [-0.05, 0) is 0 Å². The highest BCUT2D eigenvalue weighted by molar-refractivity contribution is 6.17. The minimum Gasteiger partial charge on any atom is -0.368 e. The van der Waals surface area contributed by atoms with Gasteiger partial charge in [0, 0.05) is 12.3 Å². The average Bonchev–Trinajstić information content (AvgIpc) is 1.35. The first-order valence-corrected chi connectivity index (χ1v) is 2.23. The van der Waals surface area contributed by atoms with Crippen LogP contribution >= 0.6 is 11.6 Å². The van der Waals surface area contributed by atoms with Crippen molar-refractivity contribution in [2.24, 2.45) is 0 Å². The number of rotatable bonds is 2. The molecule has 0 spiro atoms. The third-order valence-corrected chi connectivity index (χ3v) is 0.586. The fourth-order valence-corrected chi connectivity index (χ4v) is 0.293. The molecule has 0 aromatic heterocycles. The lowest BCUT2D eigenvalue weighted by Gasteiger charge is -1.93. The summed E-state index contributed by atoms with van der Waals surface area (Å²) in [6, 6.07) is 0. The topological polar surface area (TPSA) is 40.5 Å². The SMILES string of the molecule is OC(O)CCCl. The van der Waals surface area contributed by atoms with Crippen LogP contribution in [0.2, 0.25) is 0 Å². The van der Waals surface area contributed by atoms with Crippen LogP contribution in [0.1, 0.15) is 6.42 Å². The van der Waals surface area contributed by atoms with E-state index >= 15 is 0 Å². The van der Waals surface area contributed by atoms with Crippen molar-refractivity contribution in [1.29, 1.82) is 0 Å². The van der Waals surface area contributed by atoms with Crippen LogP contribution in [0.5, 0.6) is 0 Å². The molecule has 0 saturated heterocycles. The zero-order valence-electron chi connectivity index (χ0n) is 3.26. The van der Waals surface area contributed by atoms with Crippen molar-refractivity contribution < 1.29 is 10.2 Å². The van der Waals surface area contributed by atoms with Gasteiger partial charge in [-0.3, -0.25) is 0 Å². The minimum atomic E-state index is -1.23. The quantitative estimate of drug-likeness (QED) is 0.386. The lowest BCUT2D eigenvalue weighted by Crippen LogP contribution is -2.03. The molecule has 0 unspecified atom stereocenters. The average molecular weight is 111 g/mol. The maximum Gasteiger partial charge on any atom is 0.152 e. The van der Waals surface area contributed by atoms with Crippen LogP contribution in [0, 0.1) is 0 Å². The van der Waals surface area contributed by atoms with Gasteiger partial charge >= 0.3 is 0 Å². The normalized spacial score (nSPS) is 10.0. The lowest BCUT2D eigenvalue weighted by atomic mass is 10.5. The summed E-state index contributed by atoms with van der Waals surface area (Å²) in [4.78, 5) is 0. The molecule has 0 radical (unpaired) electrons. The van der Waals surface area contributed by atoms with Crippen molar-refractivity contribution in [1.82, 2.24) is 0 Å². The Morgan fingerprint density at radius 2 is 2.00 bits per heavy atom. The largest absolute Gasteiger partial charge is 0.368 e. The van der Waals surface area contributed by atoms with Crippen LogP contribution in [0.15, 0.2) is 0 Å². The molecule has 0 saturated carbocycles. The molecule has 6 heavy (non-hydrogen) atoms. The van der Waals surface area contributed by atoms with E-state index in [1.807, 2.05) is 0 Å². The van der Waals surface area contributed by atoms with E-state index in [4.69, 9.17) is 21.8 Å². The van der Waals surface area contributed by atoms with Crippen molar-refractivity contribution in [3.63, 3.8) is 0 Å². The number of aliphatic hydroxyl groups excluding tert-OH is 1. The van der Waals surface area contributed by atoms with E-state index in [0.29, 0.717) is 5.88 Å². The van der Waals surface area contributed by atoms with Crippen LogP contribution in [-0.4, -0.2) is 22.4 Å². The van der Waals surface area contributed by atoms with Gasteiger partial charge in [0.2, 0.25) is 0 Å². The van der Waals surface area contributed by atoms with Gasteiger partial charge in [0.05, 0.1) is 0 Å². The molecule has 3 heteroatoms. The van der Waals surface area contributed by atoms with Crippen molar-refractivity contribution in [2.45, 2.75) is 12.7 Å². The summed E-state index contributed by atoms with van der Waals surface area (Å²) in [6.45, 7) is 0. The number of hydrogen-bond acceptors (Lipinski definition) is 2. The van der Waals surface area contributed by atoms with Crippen molar-refractivity contribution in [3.8, 4) is 0 Å². The molecule has 0 fully saturated rings. The molecule has 0 aromatic carbocycles. The summed E-state index contributed by atoms with van der Waals surface area (Å²) in [5.41, 5.74) is 0. The Balaban J connectivity index is 2.63. The Morgan fingerprint density at radius 1 is 1.50 bits per heavy atom. The van der Waals surface area contributed by atoms with Gasteiger partial charge < -0.3 is 10.2 Å². The van der Waals surface area contributed by atoms with E-state index in [2.05, 4.69) is 0 Å². The molecule has 2 N–H and O–H groups in total. The van der Waals surface area contributed by atoms with Gasteiger partial charge in [-0.2, -0.15) is 0 Å². The zero-order chi connectivity index (χ0) is 4.99. The van der Waals surface area contributed by atoms with Crippen molar-refractivity contribution in [3.05, 3.63) is 0 Å². The second kappa shape index (κ2) is 3.40. The highest BCUT2D eigenvalue weighted by Gasteiger charge is 1.90. The van der Waals surface area contributed by atoms with Crippen LogP contribution in [0.25, 0.3) is 0 Å². The molecule has 0 rings (SSSR count). The Morgan fingerprint density at radius 3 is 2.00 bits per heavy atom. The highest BCUT2D eigenvalue weighted by atomic mass is 35.5. The molecule has 0 aliphatic heterocycles. The predicted molar refractivity (Wildman–Crippen MR) is 23.6 cm³/mol. The third-order valence-electron chi connectivity index (χ3n) is 0.367. The molecule has 0 aliphatic carbocycles. The highest BCUT2D eigenvalue weighted by Crippen LogP contribution is 1.86. The molecule has 0 atom stereocenters. The fourth-order valence-electron chi connectivity index (χ4n) is 0.0976. The molecular weight excluding hydrogens is 103 g/mol. The number of halogens is 1. The second-order valence-corrected chi connectivity index (χ2v) is 1.34. The summed E-state index contributed by atoms with van der Waals surface area (Å²) >= 11 is 5.08. The Kier molecular flexibility index (Phi) is 3.52. The zero-order valence-corrected chi connectivity index (χ0v) is 4.02. The van der Waals surface area contributed by atoms with E-state index in [1.165, 1.54) is 0 Å². The van der Waals surface area contributed by atoms with Crippen molar-refractivity contribution >= 4 is 11.6 Å². The van der Waals surface area contributed by atoms with Crippen molar-refractivity contribution in [2.75, 3.05) is 5.88 Å². The first-order chi connectivity index (χ1) is 2.77. The van der Waals surface area contributed by atoms with Gasteiger partial charge in [-0.15, -0.1) is 11.6 Å². The number of aliphatic hydroxyl groups is 2. The summed E-state index contributed by atoms with van der Waals surface area (Å²) in [5, 5.41) is 16.0.